The highest BCUT2D eigenvalue weighted by Gasteiger charge is 2.15. The molecule has 0 radical (unpaired) electrons. The van der Waals surface area contributed by atoms with Gasteiger partial charge in [0, 0.05) is 23.9 Å². The summed E-state index contributed by atoms with van der Waals surface area (Å²) < 4.78 is 0. The summed E-state index contributed by atoms with van der Waals surface area (Å²) in [5, 5.41) is 0. The number of nitrogens with one attached hydrogen (secondary N) is 1. The molecule has 2 aromatic rings. The third kappa shape index (κ3) is 3.46. The van der Waals surface area contributed by atoms with Crippen LogP contribution in [0.1, 0.15) is 20.7 Å². The molecule has 0 bridgehead atoms. The summed E-state index contributed by atoms with van der Waals surface area (Å²) in [5.41, 5.74) is 3.81. The molecule has 0 fully saturated rings. The van der Waals surface area contributed by atoms with E-state index in [2.05, 4.69) is 10.3 Å². The molecule has 108 valence electrons. The van der Waals surface area contributed by atoms with Crippen molar-refractivity contribution in [3.05, 3.63) is 65.7 Å². The predicted octanol–water partition coefficient (Wildman–Crippen LogP) is 2.25. The minimum Gasteiger partial charge on any atom is -0.311 e. The van der Waals surface area contributed by atoms with Gasteiger partial charge in [-0.2, -0.15) is 0 Å². The lowest BCUT2D eigenvalue weighted by molar-refractivity contribution is 0.0537. The molecular formula is C16H16N2O3. The van der Waals surface area contributed by atoms with Gasteiger partial charge in [-0.25, -0.2) is 5.48 Å². The number of carbonyl (C=O) groups excluding carboxylic acids is 2. The molecule has 0 aliphatic rings. The number of nitrogens with zero attached hydrogens (tertiary/aromatic N) is 1. The SMILES string of the molecule is CONC(=O)c1cccc(C(=O)N(C)c2ccccc2)c1. The maximum atomic E-state index is 12.4. The summed E-state index contributed by atoms with van der Waals surface area (Å²) in [7, 11) is 3.05. The summed E-state index contributed by atoms with van der Waals surface area (Å²) in [5.74, 6) is -0.581. The molecule has 2 rings (SSSR count). The minimum atomic E-state index is -0.394. The number of rotatable bonds is 4. The Morgan fingerprint density at radius 3 is 2.33 bits per heavy atom. The molecule has 0 aliphatic carbocycles. The number of anilines is 1. The largest absolute Gasteiger partial charge is 0.311 e. The summed E-state index contributed by atoms with van der Waals surface area (Å²) >= 11 is 0. The van der Waals surface area contributed by atoms with E-state index in [1.165, 1.54) is 18.1 Å². The molecular weight excluding hydrogens is 268 g/mol. The van der Waals surface area contributed by atoms with E-state index in [-0.39, 0.29) is 5.91 Å². The molecule has 21 heavy (non-hydrogen) atoms. The second kappa shape index (κ2) is 6.67. The predicted molar refractivity (Wildman–Crippen MR) is 80.1 cm³/mol. The Hall–Kier alpha value is -2.66. The molecule has 5 heteroatoms. The quantitative estimate of drug-likeness (QED) is 0.876. The van der Waals surface area contributed by atoms with E-state index in [4.69, 9.17) is 0 Å². The number of hydrogen-bond donors (Lipinski definition) is 1. The topological polar surface area (TPSA) is 58.6 Å². The first-order valence-corrected chi connectivity index (χ1v) is 6.40. The van der Waals surface area contributed by atoms with Crippen molar-refractivity contribution in [1.82, 2.24) is 5.48 Å². The van der Waals surface area contributed by atoms with E-state index < -0.39 is 5.91 Å². The van der Waals surface area contributed by atoms with Crippen LogP contribution in [-0.2, 0) is 4.84 Å². The van der Waals surface area contributed by atoms with Crippen molar-refractivity contribution in [1.29, 1.82) is 0 Å². The molecule has 0 aliphatic heterocycles. The maximum Gasteiger partial charge on any atom is 0.274 e. The fourth-order valence-corrected chi connectivity index (χ4v) is 1.91. The number of hydrogen-bond acceptors (Lipinski definition) is 3. The van der Waals surface area contributed by atoms with Gasteiger partial charge in [0.2, 0.25) is 0 Å². The van der Waals surface area contributed by atoms with Crippen molar-refractivity contribution in [2.75, 3.05) is 19.1 Å². The van der Waals surface area contributed by atoms with Crippen molar-refractivity contribution in [2.24, 2.45) is 0 Å². The summed E-state index contributed by atoms with van der Waals surface area (Å²) in [6, 6.07) is 15.8. The number of para-hydroxylation sites is 1. The first-order chi connectivity index (χ1) is 10.1. The van der Waals surface area contributed by atoms with E-state index in [0.29, 0.717) is 11.1 Å². The van der Waals surface area contributed by atoms with Crippen molar-refractivity contribution < 1.29 is 14.4 Å². The Kier molecular flexibility index (Phi) is 4.68. The molecule has 2 aromatic carbocycles. The Morgan fingerprint density at radius 2 is 1.67 bits per heavy atom. The molecule has 2 amide bonds. The summed E-state index contributed by atoms with van der Waals surface area (Å²) in [4.78, 5) is 30.3. The lowest BCUT2D eigenvalue weighted by Gasteiger charge is -2.17. The van der Waals surface area contributed by atoms with Crippen molar-refractivity contribution in [3.63, 3.8) is 0 Å². The van der Waals surface area contributed by atoms with Gasteiger partial charge in [0.05, 0.1) is 7.11 Å². The van der Waals surface area contributed by atoms with Gasteiger partial charge < -0.3 is 4.90 Å². The Bertz CT molecular complexity index is 641. The number of benzene rings is 2. The first-order valence-electron chi connectivity index (χ1n) is 6.40. The Balaban J connectivity index is 2.23. The third-order valence-corrected chi connectivity index (χ3v) is 3.01. The zero-order valence-electron chi connectivity index (χ0n) is 11.9. The van der Waals surface area contributed by atoms with Crippen LogP contribution in [0.5, 0.6) is 0 Å². The normalized spacial score (nSPS) is 10.0. The van der Waals surface area contributed by atoms with Crippen LogP contribution in [-0.4, -0.2) is 26.0 Å². The number of carbonyl (C=O) groups is 2. The van der Waals surface area contributed by atoms with Crippen LogP contribution in [0.2, 0.25) is 0 Å². The van der Waals surface area contributed by atoms with Gasteiger partial charge in [0.25, 0.3) is 11.8 Å². The van der Waals surface area contributed by atoms with Crippen molar-refractivity contribution in [2.45, 2.75) is 0 Å². The Labute approximate surface area is 123 Å². The lowest BCUT2D eigenvalue weighted by Crippen LogP contribution is -2.27. The van der Waals surface area contributed by atoms with Crippen LogP contribution in [0.3, 0.4) is 0 Å². The summed E-state index contributed by atoms with van der Waals surface area (Å²) in [6.45, 7) is 0. The third-order valence-electron chi connectivity index (χ3n) is 3.01. The zero-order chi connectivity index (χ0) is 15.2. The van der Waals surface area contributed by atoms with Crippen molar-refractivity contribution in [3.8, 4) is 0 Å². The van der Waals surface area contributed by atoms with E-state index in [9.17, 15) is 9.59 Å². The van der Waals surface area contributed by atoms with Crippen LogP contribution < -0.4 is 10.4 Å². The summed E-state index contributed by atoms with van der Waals surface area (Å²) in [6.07, 6.45) is 0. The molecule has 0 atom stereocenters. The Morgan fingerprint density at radius 1 is 1.00 bits per heavy atom. The van der Waals surface area contributed by atoms with Crippen LogP contribution in [0.15, 0.2) is 54.6 Å². The second-order valence-electron chi connectivity index (χ2n) is 4.42. The van der Waals surface area contributed by atoms with Gasteiger partial charge in [0.15, 0.2) is 0 Å². The highest BCUT2D eigenvalue weighted by atomic mass is 16.6. The molecule has 0 saturated carbocycles. The average molecular weight is 284 g/mol. The van der Waals surface area contributed by atoms with Gasteiger partial charge in [-0.1, -0.05) is 24.3 Å². The van der Waals surface area contributed by atoms with Crippen LogP contribution >= 0.6 is 0 Å². The highest BCUT2D eigenvalue weighted by molar-refractivity contribution is 6.07. The van der Waals surface area contributed by atoms with E-state index >= 15 is 0 Å². The van der Waals surface area contributed by atoms with Crippen molar-refractivity contribution >= 4 is 17.5 Å². The van der Waals surface area contributed by atoms with Crippen LogP contribution in [0.4, 0.5) is 5.69 Å². The van der Waals surface area contributed by atoms with Gasteiger partial charge in [0.1, 0.15) is 0 Å². The standard InChI is InChI=1S/C16H16N2O3/c1-18(14-9-4-3-5-10-14)16(20)13-8-6-7-12(11-13)15(19)17-21-2/h3-11H,1-2H3,(H,17,19). The first kappa shape index (κ1) is 14.7. The van der Waals surface area contributed by atoms with Gasteiger partial charge in [-0.15, -0.1) is 0 Å². The molecule has 0 unspecified atom stereocenters. The lowest BCUT2D eigenvalue weighted by atomic mass is 10.1. The second-order valence-corrected chi connectivity index (χ2v) is 4.42. The molecule has 0 saturated heterocycles. The van der Waals surface area contributed by atoms with E-state index in [0.717, 1.165) is 5.69 Å². The molecule has 1 N–H and O–H groups in total. The van der Waals surface area contributed by atoms with Gasteiger partial charge >= 0.3 is 0 Å². The monoisotopic (exact) mass is 284 g/mol. The fourth-order valence-electron chi connectivity index (χ4n) is 1.91. The van der Waals surface area contributed by atoms with E-state index in [1.54, 1.807) is 25.2 Å². The van der Waals surface area contributed by atoms with Crippen LogP contribution in [0.25, 0.3) is 0 Å². The highest BCUT2D eigenvalue weighted by Crippen LogP contribution is 2.15. The minimum absolute atomic E-state index is 0.187. The van der Waals surface area contributed by atoms with Gasteiger partial charge in [-0.3, -0.25) is 14.4 Å². The zero-order valence-corrected chi connectivity index (χ0v) is 11.9. The molecule has 5 nitrogen and oxygen atoms in total. The number of amides is 2. The average Bonchev–Trinajstić information content (AvgIpc) is 2.54. The smallest absolute Gasteiger partial charge is 0.274 e. The van der Waals surface area contributed by atoms with Crippen LogP contribution in [0, 0.1) is 0 Å². The fraction of sp³-hybridized carbons (Fsp3) is 0.125. The van der Waals surface area contributed by atoms with Gasteiger partial charge in [-0.05, 0) is 30.3 Å². The maximum absolute atomic E-state index is 12.4. The van der Waals surface area contributed by atoms with E-state index in [1.807, 2.05) is 30.3 Å². The number of hydroxylamine groups is 1. The molecule has 0 aromatic heterocycles. The molecule has 0 spiro atoms. The molecule has 0 heterocycles.